The first-order valence-corrected chi connectivity index (χ1v) is 8.35. The molecule has 25 heavy (non-hydrogen) atoms. The summed E-state index contributed by atoms with van der Waals surface area (Å²) in [6.07, 6.45) is 5.13. The summed E-state index contributed by atoms with van der Waals surface area (Å²) in [7, 11) is 0. The second kappa shape index (κ2) is 7.33. The molecule has 5 heteroatoms. The van der Waals surface area contributed by atoms with Gasteiger partial charge >= 0.3 is 0 Å². The molecule has 0 spiro atoms. The molecule has 3 aromatic rings. The number of hydrogen-bond donors (Lipinski definition) is 0. The van der Waals surface area contributed by atoms with Gasteiger partial charge in [-0.15, -0.1) is 0 Å². The Morgan fingerprint density at radius 2 is 1.84 bits per heavy atom. The molecular formula is C20H17ClN4. The van der Waals surface area contributed by atoms with E-state index >= 15 is 0 Å². The second-order valence-electron chi connectivity index (χ2n) is 5.65. The van der Waals surface area contributed by atoms with Crippen molar-refractivity contribution in [1.82, 2.24) is 9.97 Å². The van der Waals surface area contributed by atoms with Gasteiger partial charge in [0.15, 0.2) is 0 Å². The largest absolute Gasteiger partial charge is 0.341 e. The van der Waals surface area contributed by atoms with Gasteiger partial charge in [0.25, 0.3) is 0 Å². The monoisotopic (exact) mass is 348 g/mol. The Balaban J connectivity index is 2.07. The first kappa shape index (κ1) is 16.9. The molecule has 4 nitrogen and oxygen atoms in total. The minimum Gasteiger partial charge on any atom is -0.341 e. The molecule has 0 aliphatic heterocycles. The fourth-order valence-electron chi connectivity index (χ4n) is 2.78. The lowest BCUT2D eigenvalue weighted by molar-refractivity contribution is 1.02. The highest BCUT2D eigenvalue weighted by Crippen LogP contribution is 2.33. The summed E-state index contributed by atoms with van der Waals surface area (Å²) in [5.41, 5.74) is 5.70. The average Bonchev–Trinajstić information content (AvgIpc) is 2.65. The maximum absolute atomic E-state index is 9.07. The molecule has 124 valence electrons. The summed E-state index contributed by atoms with van der Waals surface area (Å²) < 4.78 is 0. The summed E-state index contributed by atoms with van der Waals surface area (Å²) in [6, 6.07) is 13.9. The van der Waals surface area contributed by atoms with Crippen molar-refractivity contribution in [3.8, 4) is 17.2 Å². The number of hydrogen-bond acceptors (Lipinski definition) is 4. The summed E-state index contributed by atoms with van der Waals surface area (Å²) in [5, 5.41) is 9.53. The minimum absolute atomic E-state index is 0.462. The number of aromatic nitrogens is 2. The molecule has 1 heterocycles. The standard InChI is InChI=1S/C20H17ClN4/c1-3-25(18-7-6-16(10-22)19(21)9-18)20-8-15(5-4-14(20)2)17-11-23-13-24-12-17/h4-9,11-13H,3H2,1-2H3. The lowest BCUT2D eigenvalue weighted by Crippen LogP contribution is -2.17. The Morgan fingerprint density at radius 1 is 1.08 bits per heavy atom. The number of rotatable bonds is 4. The van der Waals surface area contributed by atoms with Crippen LogP contribution >= 0.6 is 11.6 Å². The van der Waals surface area contributed by atoms with Crippen LogP contribution in [0.5, 0.6) is 0 Å². The molecule has 0 aliphatic rings. The maximum atomic E-state index is 9.07. The van der Waals surface area contributed by atoms with Crippen molar-refractivity contribution in [3.05, 3.63) is 71.3 Å². The lowest BCUT2D eigenvalue weighted by atomic mass is 10.0. The third kappa shape index (κ3) is 3.47. The Hall–Kier alpha value is -2.90. The van der Waals surface area contributed by atoms with Crippen LogP contribution in [0.15, 0.2) is 55.1 Å². The van der Waals surface area contributed by atoms with E-state index in [1.54, 1.807) is 18.5 Å². The molecular weight excluding hydrogens is 332 g/mol. The highest BCUT2D eigenvalue weighted by atomic mass is 35.5. The van der Waals surface area contributed by atoms with Gasteiger partial charge in [-0.1, -0.05) is 23.7 Å². The second-order valence-corrected chi connectivity index (χ2v) is 6.06. The highest BCUT2D eigenvalue weighted by molar-refractivity contribution is 6.32. The van der Waals surface area contributed by atoms with Crippen molar-refractivity contribution in [2.75, 3.05) is 11.4 Å². The number of aryl methyl sites for hydroxylation is 1. The smallest absolute Gasteiger partial charge is 0.115 e. The van der Waals surface area contributed by atoms with Gasteiger partial charge in [0.2, 0.25) is 0 Å². The third-order valence-corrected chi connectivity index (χ3v) is 4.41. The van der Waals surface area contributed by atoms with Gasteiger partial charge < -0.3 is 4.90 Å². The van der Waals surface area contributed by atoms with Gasteiger partial charge in [0, 0.05) is 35.9 Å². The van der Waals surface area contributed by atoms with Crippen molar-refractivity contribution in [1.29, 1.82) is 5.26 Å². The molecule has 1 aromatic heterocycles. The van der Waals surface area contributed by atoms with E-state index in [-0.39, 0.29) is 0 Å². The molecule has 0 saturated heterocycles. The van der Waals surface area contributed by atoms with Gasteiger partial charge in [0.1, 0.15) is 12.4 Å². The van der Waals surface area contributed by atoms with Crippen molar-refractivity contribution in [3.63, 3.8) is 0 Å². The molecule has 0 fully saturated rings. The van der Waals surface area contributed by atoms with E-state index in [4.69, 9.17) is 16.9 Å². The zero-order chi connectivity index (χ0) is 17.8. The first-order valence-electron chi connectivity index (χ1n) is 7.97. The van der Waals surface area contributed by atoms with Crippen LogP contribution < -0.4 is 4.90 Å². The summed E-state index contributed by atoms with van der Waals surface area (Å²) in [6.45, 7) is 4.94. The molecule has 2 aromatic carbocycles. The van der Waals surface area contributed by atoms with Crippen molar-refractivity contribution in [2.45, 2.75) is 13.8 Å². The van der Waals surface area contributed by atoms with Crippen LogP contribution in [0, 0.1) is 18.3 Å². The highest BCUT2D eigenvalue weighted by Gasteiger charge is 2.13. The molecule has 0 amide bonds. The van der Waals surface area contributed by atoms with Crippen LogP contribution in [0.1, 0.15) is 18.1 Å². The van der Waals surface area contributed by atoms with E-state index in [9.17, 15) is 0 Å². The van der Waals surface area contributed by atoms with E-state index in [2.05, 4.69) is 53.0 Å². The molecule has 0 N–H and O–H groups in total. The van der Waals surface area contributed by atoms with Gasteiger partial charge in [-0.3, -0.25) is 0 Å². The van der Waals surface area contributed by atoms with E-state index in [1.165, 1.54) is 6.33 Å². The predicted octanol–water partition coefficient (Wildman–Crippen LogP) is 5.14. The molecule has 0 saturated carbocycles. The lowest BCUT2D eigenvalue weighted by Gasteiger charge is -2.26. The average molecular weight is 349 g/mol. The fourth-order valence-corrected chi connectivity index (χ4v) is 3.00. The zero-order valence-electron chi connectivity index (χ0n) is 14.1. The predicted molar refractivity (Wildman–Crippen MR) is 101 cm³/mol. The SMILES string of the molecule is CCN(c1ccc(C#N)c(Cl)c1)c1cc(-c2cncnc2)ccc1C. The van der Waals surface area contributed by atoms with Crippen molar-refractivity contribution >= 4 is 23.0 Å². The molecule has 0 atom stereocenters. The molecule has 0 bridgehead atoms. The Bertz CT molecular complexity index is 932. The molecule has 0 aliphatic carbocycles. The van der Waals surface area contributed by atoms with Crippen molar-refractivity contribution < 1.29 is 0 Å². The summed E-state index contributed by atoms with van der Waals surface area (Å²) in [4.78, 5) is 10.4. The molecule has 3 rings (SSSR count). The van der Waals surface area contributed by atoms with Gasteiger partial charge in [-0.05, 0) is 49.2 Å². The van der Waals surface area contributed by atoms with Crippen LogP contribution in [0.2, 0.25) is 5.02 Å². The number of nitriles is 1. The van der Waals surface area contributed by atoms with E-state index < -0.39 is 0 Å². The van der Waals surface area contributed by atoms with E-state index in [0.717, 1.165) is 34.6 Å². The van der Waals surface area contributed by atoms with Gasteiger partial charge in [-0.2, -0.15) is 5.26 Å². The van der Waals surface area contributed by atoms with Crippen LogP contribution in [0.25, 0.3) is 11.1 Å². The first-order chi connectivity index (χ1) is 12.1. The fraction of sp³-hybridized carbons (Fsp3) is 0.150. The zero-order valence-corrected chi connectivity index (χ0v) is 14.8. The maximum Gasteiger partial charge on any atom is 0.115 e. The van der Waals surface area contributed by atoms with Gasteiger partial charge in [0.05, 0.1) is 10.6 Å². The number of benzene rings is 2. The topological polar surface area (TPSA) is 52.8 Å². The third-order valence-electron chi connectivity index (χ3n) is 4.09. The quantitative estimate of drug-likeness (QED) is 0.655. The van der Waals surface area contributed by atoms with E-state index in [1.807, 2.05) is 12.1 Å². The van der Waals surface area contributed by atoms with Crippen LogP contribution in [0.4, 0.5) is 11.4 Å². The molecule has 0 radical (unpaired) electrons. The van der Waals surface area contributed by atoms with Crippen LogP contribution in [0.3, 0.4) is 0 Å². The van der Waals surface area contributed by atoms with E-state index in [0.29, 0.717) is 10.6 Å². The minimum atomic E-state index is 0.462. The Morgan fingerprint density at radius 3 is 2.48 bits per heavy atom. The Kier molecular flexibility index (Phi) is 4.97. The number of anilines is 2. The molecule has 0 unspecified atom stereocenters. The van der Waals surface area contributed by atoms with Crippen LogP contribution in [-0.4, -0.2) is 16.5 Å². The van der Waals surface area contributed by atoms with Crippen LogP contribution in [-0.2, 0) is 0 Å². The number of nitrogens with zero attached hydrogens (tertiary/aromatic N) is 4. The summed E-state index contributed by atoms with van der Waals surface area (Å²) in [5.74, 6) is 0. The normalized spacial score (nSPS) is 10.3. The van der Waals surface area contributed by atoms with Crippen molar-refractivity contribution in [2.24, 2.45) is 0 Å². The Labute approximate surface area is 152 Å². The van der Waals surface area contributed by atoms with Gasteiger partial charge in [-0.25, -0.2) is 9.97 Å². The summed E-state index contributed by atoms with van der Waals surface area (Å²) >= 11 is 6.22. The number of halogens is 1.